The van der Waals surface area contributed by atoms with Gasteiger partial charge in [-0.25, -0.2) is 9.67 Å². The highest BCUT2D eigenvalue weighted by Gasteiger charge is 2.10. The average molecular weight is 354 g/mol. The molecule has 7 nitrogen and oxygen atoms in total. The first-order chi connectivity index (χ1) is 12.5. The highest BCUT2D eigenvalue weighted by Crippen LogP contribution is 2.16. The molecule has 1 amide bonds. The number of aliphatic imine (C=N–C) groups is 1. The first-order valence-electron chi connectivity index (χ1n) is 8.47. The van der Waals surface area contributed by atoms with Crippen molar-refractivity contribution in [3.8, 4) is 5.69 Å². The number of hydrogen-bond donors (Lipinski definition) is 2. The van der Waals surface area contributed by atoms with Gasteiger partial charge in [0.05, 0.1) is 11.7 Å². The molecule has 1 aromatic heterocycles. The van der Waals surface area contributed by atoms with E-state index in [9.17, 15) is 4.79 Å². The molecule has 0 aliphatic rings. The number of likely N-dealkylation sites (N-methyl/N-ethyl adjacent to an activating group) is 1. The molecule has 1 unspecified atom stereocenters. The van der Waals surface area contributed by atoms with Crippen LogP contribution in [0.2, 0.25) is 0 Å². The van der Waals surface area contributed by atoms with Crippen LogP contribution in [0.15, 0.2) is 60.4 Å². The van der Waals surface area contributed by atoms with Crippen molar-refractivity contribution in [1.29, 1.82) is 0 Å². The van der Waals surface area contributed by atoms with E-state index in [-0.39, 0.29) is 18.5 Å². The van der Waals surface area contributed by atoms with Gasteiger partial charge in [0.25, 0.3) is 0 Å². The largest absolute Gasteiger partial charge is 0.353 e. The summed E-state index contributed by atoms with van der Waals surface area (Å²) in [5.74, 6) is 0.509. The molecule has 2 aromatic rings. The summed E-state index contributed by atoms with van der Waals surface area (Å²) in [7, 11) is 3.43. The van der Waals surface area contributed by atoms with Crippen LogP contribution in [0.25, 0.3) is 5.69 Å². The lowest BCUT2D eigenvalue weighted by Gasteiger charge is -2.19. The zero-order valence-electron chi connectivity index (χ0n) is 15.5. The van der Waals surface area contributed by atoms with E-state index in [4.69, 9.17) is 0 Å². The third-order valence-electron chi connectivity index (χ3n) is 3.78. The maximum Gasteiger partial charge on any atom is 0.243 e. The van der Waals surface area contributed by atoms with E-state index in [1.54, 1.807) is 26.4 Å². The van der Waals surface area contributed by atoms with E-state index >= 15 is 0 Å². The minimum Gasteiger partial charge on any atom is -0.353 e. The lowest BCUT2D eigenvalue weighted by molar-refractivity contribution is -0.127. The Balaban J connectivity index is 2.11. The van der Waals surface area contributed by atoms with Crippen LogP contribution >= 0.6 is 0 Å². The lowest BCUT2D eigenvalue weighted by atomic mass is 10.1. The molecule has 138 valence electrons. The van der Waals surface area contributed by atoms with Gasteiger partial charge in [-0.15, -0.1) is 6.58 Å². The Morgan fingerprint density at radius 1 is 1.42 bits per heavy atom. The van der Waals surface area contributed by atoms with Crippen molar-refractivity contribution in [2.24, 2.45) is 4.99 Å². The van der Waals surface area contributed by atoms with Crippen LogP contribution in [0.3, 0.4) is 0 Å². The Hall–Kier alpha value is -3.09. The number of carbonyl (C=O) groups excluding carboxylic acids is 1. The van der Waals surface area contributed by atoms with Gasteiger partial charge in [0.1, 0.15) is 6.54 Å². The van der Waals surface area contributed by atoms with Gasteiger partial charge in [-0.05, 0) is 30.7 Å². The van der Waals surface area contributed by atoms with Gasteiger partial charge in [0.15, 0.2) is 5.96 Å². The van der Waals surface area contributed by atoms with Gasteiger partial charge < -0.3 is 15.5 Å². The summed E-state index contributed by atoms with van der Waals surface area (Å²) in [4.78, 5) is 17.7. The number of carbonyl (C=O) groups is 1. The second-order valence-corrected chi connectivity index (χ2v) is 6.03. The molecule has 0 bridgehead atoms. The molecule has 2 rings (SSSR count). The first kappa shape index (κ1) is 19.2. The molecule has 2 N–H and O–H groups in total. The molecule has 0 aliphatic heterocycles. The average Bonchev–Trinajstić information content (AvgIpc) is 3.18. The fraction of sp³-hybridized carbons (Fsp3) is 0.316. The third-order valence-corrected chi connectivity index (χ3v) is 3.78. The van der Waals surface area contributed by atoms with Crippen LogP contribution in [0.4, 0.5) is 0 Å². The molecular formula is C19H26N6O. The van der Waals surface area contributed by atoms with Crippen molar-refractivity contribution in [2.75, 3.05) is 27.2 Å². The van der Waals surface area contributed by atoms with Crippen molar-refractivity contribution in [3.05, 3.63) is 60.9 Å². The van der Waals surface area contributed by atoms with E-state index in [0.29, 0.717) is 12.5 Å². The number of benzene rings is 1. The van der Waals surface area contributed by atoms with E-state index < -0.39 is 0 Å². The minimum absolute atomic E-state index is 0.00367. The molecule has 1 heterocycles. The monoisotopic (exact) mass is 354 g/mol. The van der Waals surface area contributed by atoms with Gasteiger partial charge in [0, 0.05) is 33.0 Å². The molecule has 0 spiro atoms. The molecule has 1 atom stereocenters. The molecule has 7 heteroatoms. The topological polar surface area (TPSA) is 74.6 Å². The number of rotatable bonds is 7. The minimum atomic E-state index is -0.0574. The summed E-state index contributed by atoms with van der Waals surface area (Å²) in [5.41, 5.74) is 2.08. The van der Waals surface area contributed by atoms with E-state index in [1.165, 1.54) is 4.90 Å². The Morgan fingerprint density at radius 2 is 2.23 bits per heavy atom. The molecule has 0 saturated heterocycles. The number of nitrogens with one attached hydrogen (secondary N) is 2. The third kappa shape index (κ3) is 5.47. The molecule has 0 fully saturated rings. The van der Waals surface area contributed by atoms with Crippen molar-refractivity contribution in [3.63, 3.8) is 0 Å². The van der Waals surface area contributed by atoms with Gasteiger partial charge >= 0.3 is 0 Å². The fourth-order valence-electron chi connectivity index (χ4n) is 2.26. The quantitative estimate of drug-likeness (QED) is 0.451. The molecule has 1 aromatic carbocycles. The second-order valence-electron chi connectivity index (χ2n) is 6.03. The Morgan fingerprint density at radius 3 is 2.88 bits per heavy atom. The lowest BCUT2D eigenvalue weighted by Crippen LogP contribution is -2.39. The van der Waals surface area contributed by atoms with E-state index in [0.717, 1.165) is 11.3 Å². The van der Waals surface area contributed by atoms with E-state index in [1.807, 2.05) is 42.1 Å². The Labute approximate surface area is 154 Å². The van der Waals surface area contributed by atoms with Crippen LogP contribution in [-0.4, -0.2) is 53.7 Å². The smallest absolute Gasteiger partial charge is 0.243 e. The standard InChI is InChI=1S/C19H26N6O/c1-5-10-20-19(21-14-18(26)24(3)4)23-15(2)16-8-6-9-17(13-16)25-12-7-11-22-25/h5-9,11-13,15H,1,10,14H2,2-4H3,(H2,20,21,23). The van der Waals surface area contributed by atoms with Crippen molar-refractivity contribution >= 4 is 11.9 Å². The Kier molecular flexibility index (Phi) is 6.96. The van der Waals surface area contributed by atoms with Crippen LogP contribution < -0.4 is 10.6 Å². The van der Waals surface area contributed by atoms with Crippen molar-refractivity contribution < 1.29 is 4.79 Å². The highest BCUT2D eigenvalue weighted by atomic mass is 16.2. The summed E-state index contributed by atoms with van der Waals surface area (Å²) < 4.78 is 1.82. The van der Waals surface area contributed by atoms with Gasteiger partial charge in [-0.2, -0.15) is 5.10 Å². The predicted molar refractivity (Wildman–Crippen MR) is 104 cm³/mol. The van der Waals surface area contributed by atoms with Gasteiger partial charge in [-0.1, -0.05) is 18.2 Å². The van der Waals surface area contributed by atoms with Crippen LogP contribution in [0.5, 0.6) is 0 Å². The summed E-state index contributed by atoms with van der Waals surface area (Å²) in [6.07, 6.45) is 5.40. The summed E-state index contributed by atoms with van der Waals surface area (Å²) in [5, 5.41) is 10.7. The molecule has 0 saturated carbocycles. The van der Waals surface area contributed by atoms with Crippen LogP contribution in [-0.2, 0) is 4.79 Å². The fourth-order valence-corrected chi connectivity index (χ4v) is 2.26. The summed E-state index contributed by atoms with van der Waals surface area (Å²) in [6.45, 7) is 6.39. The SMILES string of the molecule is C=CCNC(=NCC(=O)N(C)C)NC(C)c1cccc(-n2cccn2)c1. The zero-order valence-corrected chi connectivity index (χ0v) is 15.5. The Bertz CT molecular complexity index is 751. The van der Waals surface area contributed by atoms with Crippen LogP contribution in [0.1, 0.15) is 18.5 Å². The molecular weight excluding hydrogens is 328 g/mol. The number of nitrogens with zero attached hydrogens (tertiary/aromatic N) is 4. The molecule has 0 radical (unpaired) electrons. The number of aromatic nitrogens is 2. The molecule has 0 aliphatic carbocycles. The summed E-state index contributed by atoms with van der Waals surface area (Å²) >= 11 is 0. The van der Waals surface area contributed by atoms with Gasteiger partial charge in [0.2, 0.25) is 5.91 Å². The molecule has 26 heavy (non-hydrogen) atoms. The van der Waals surface area contributed by atoms with Crippen molar-refractivity contribution in [1.82, 2.24) is 25.3 Å². The number of hydrogen-bond acceptors (Lipinski definition) is 3. The number of guanidine groups is 1. The number of amides is 1. The normalized spacial score (nSPS) is 12.3. The van der Waals surface area contributed by atoms with Crippen molar-refractivity contribution in [2.45, 2.75) is 13.0 Å². The summed E-state index contributed by atoms with van der Waals surface area (Å²) in [6, 6.07) is 10.00. The zero-order chi connectivity index (χ0) is 18.9. The highest BCUT2D eigenvalue weighted by molar-refractivity contribution is 5.85. The first-order valence-corrected chi connectivity index (χ1v) is 8.47. The maximum absolute atomic E-state index is 11.8. The maximum atomic E-state index is 11.8. The second kappa shape index (κ2) is 9.41. The van der Waals surface area contributed by atoms with Gasteiger partial charge in [-0.3, -0.25) is 4.79 Å². The van der Waals surface area contributed by atoms with Crippen LogP contribution in [0, 0.1) is 0 Å². The predicted octanol–water partition coefficient (Wildman–Crippen LogP) is 1.74. The van der Waals surface area contributed by atoms with E-state index in [2.05, 4.69) is 33.4 Å².